The first-order chi connectivity index (χ1) is 17.0. The zero-order valence-electron chi connectivity index (χ0n) is 19.6. The van der Waals surface area contributed by atoms with Crippen molar-refractivity contribution in [2.24, 2.45) is 11.5 Å². The van der Waals surface area contributed by atoms with E-state index in [0.717, 1.165) is 0 Å². The Hall–Kier alpha value is -0.640. The van der Waals surface area contributed by atoms with E-state index in [1.54, 1.807) is 7.05 Å². The number of aliphatic hydroxyl groups is 8. The van der Waals surface area contributed by atoms with Crippen molar-refractivity contribution >= 4 is 0 Å². The van der Waals surface area contributed by atoms with E-state index in [9.17, 15) is 40.9 Å². The standard InChI is InChI=1S/C20H37N3O13/c1-23-7-2-5(21)9(26)15(10(7)27)33-19-17-16(11(28)8(4-25)32-19)35-20(36-17)18(31)13(30)12(29)14(34-20)6(22)3-24/h5-19,23-31H,2-4,21-22H2,1H3/t5?,6?,7?,8?,9?,10?,11?,12?,13?,14-,15-,16+,17+,18?,19?,20?/m0/s1. The normalized spacial score (nSPS) is 54.4. The Labute approximate surface area is 206 Å². The van der Waals surface area contributed by atoms with E-state index in [1.807, 2.05) is 0 Å². The van der Waals surface area contributed by atoms with Gasteiger partial charge in [-0.25, -0.2) is 0 Å². The van der Waals surface area contributed by atoms with Gasteiger partial charge in [0.05, 0.1) is 31.5 Å². The van der Waals surface area contributed by atoms with E-state index in [1.165, 1.54) is 0 Å². The number of aliphatic hydroxyl groups excluding tert-OH is 8. The third-order valence-corrected chi connectivity index (χ3v) is 7.42. The predicted molar refractivity (Wildman–Crippen MR) is 115 cm³/mol. The van der Waals surface area contributed by atoms with Crippen molar-refractivity contribution in [3.05, 3.63) is 0 Å². The maximum atomic E-state index is 10.7. The monoisotopic (exact) mass is 527 g/mol. The van der Waals surface area contributed by atoms with Crippen LogP contribution in [0, 0.1) is 0 Å². The fourth-order valence-electron chi connectivity index (χ4n) is 5.23. The number of nitrogens with one attached hydrogen (secondary N) is 1. The fraction of sp³-hybridized carbons (Fsp3) is 1.00. The van der Waals surface area contributed by atoms with Crippen LogP contribution in [0.5, 0.6) is 0 Å². The predicted octanol–water partition coefficient (Wildman–Crippen LogP) is -7.27. The molecule has 0 aromatic rings. The minimum absolute atomic E-state index is 0.254. The summed E-state index contributed by atoms with van der Waals surface area (Å²) in [4.78, 5) is 0. The van der Waals surface area contributed by atoms with Crippen LogP contribution in [0.1, 0.15) is 6.42 Å². The van der Waals surface area contributed by atoms with Gasteiger partial charge in [-0.15, -0.1) is 0 Å². The van der Waals surface area contributed by atoms with E-state index in [4.69, 9.17) is 35.2 Å². The molecule has 0 radical (unpaired) electrons. The molecule has 16 heteroatoms. The van der Waals surface area contributed by atoms with Gasteiger partial charge in [-0.2, -0.15) is 0 Å². The third kappa shape index (κ3) is 4.68. The smallest absolute Gasteiger partial charge is 0.314 e. The molecule has 0 aromatic carbocycles. The average Bonchev–Trinajstić information content (AvgIpc) is 3.27. The van der Waals surface area contributed by atoms with Crippen LogP contribution >= 0.6 is 0 Å². The number of fused-ring (bicyclic) bond motifs is 1. The molecule has 0 bridgehead atoms. The summed E-state index contributed by atoms with van der Waals surface area (Å²) in [6, 6.07) is -2.50. The lowest BCUT2D eigenvalue weighted by Gasteiger charge is -2.46. The molecule has 4 rings (SSSR count). The highest BCUT2D eigenvalue weighted by Crippen LogP contribution is 2.45. The van der Waals surface area contributed by atoms with Crippen LogP contribution in [0.3, 0.4) is 0 Å². The van der Waals surface area contributed by atoms with Crippen molar-refractivity contribution in [2.75, 3.05) is 20.3 Å². The molecular formula is C20H37N3O13. The molecule has 1 spiro atoms. The van der Waals surface area contributed by atoms with E-state index < -0.39 is 111 Å². The molecule has 1 aliphatic carbocycles. The van der Waals surface area contributed by atoms with E-state index in [-0.39, 0.29) is 6.42 Å². The number of hydrogen-bond donors (Lipinski definition) is 11. The average molecular weight is 528 g/mol. The summed E-state index contributed by atoms with van der Waals surface area (Å²) in [7, 11) is 1.60. The highest BCUT2D eigenvalue weighted by Gasteiger charge is 2.67. The Morgan fingerprint density at radius 3 is 2.22 bits per heavy atom. The van der Waals surface area contributed by atoms with Crippen LogP contribution in [-0.4, -0.2) is 159 Å². The Bertz CT molecular complexity index is 756. The molecule has 16 nitrogen and oxygen atoms in total. The van der Waals surface area contributed by atoms with E-state index in [2.05, 4.69) is 5.32 Å². The maximum absolute atomic E-state index is 10.7. The van der Waals surface area contributed by atoms with Crippen LogP contribution in [0.2, 0.25) is 0 Å². The van der Waals surface area contributed by atoms with Crippen molar-refractivity contribution in [1.82, 2.24) is 5.32 Å². The van der Waals surface area contributed by atoms with Crippen LogP contribution in [0.4, 0.5) is 0 Å². The highest BCUT2D eigenvalue weighted by molar-refractivity contribution is 5.05. The summed E-state index contributed by atoms with van der Waals surface area (Å²) in [5, 5.41) is 85.6. The summed E-state index contributed by atoms with van der Waals surface area (Å²) in [6.07, 6.45) is -17.7. The zero-order valence-corrected chi connectivity index (χ0v) is 19.6. The second-order valence-electron chi connectivity index (χ2n) is 9.72. The molecule has 16 atom stereocenters. The van der Waals surface area contributed by atoms with Gasteiger partial charge in [-0.05, 0) is 13.5 Å². The summed E-state index contributed by atoms with van der Waals surface area (Å²) < 4.78 is 28.7. The Morgan fingerprint density at radius 2 is 1.61 bits per heavy atom. The summed E-state index contributed by atoms with van der Waals surface area (Å²) in [5.41, 5.74) is 11.8. The van der Waals surface area contributed by atoms with Crippen molar-refractivity contribution in [1.29, 1.82) is 0 Å². The molecule has 12 unspecified atom stereocenters. The number of hydrogen-bond acceptors (Lipinski definition) is 16. The van der Waals surface area contributed by atoms with Crippen LogP contribution in [0.15, 0.2) is 0 Å². The lowest BCUT2D eigenvalue weighted by Crippen LogP contribution is -2.69. The van der Waals surface area contributed by atoms with Crippen LogP contribution in [0.25, 0.3) is 0 Å². The summed E-state index contributed by atoms with van der Waals surface area (Å²) in [6.45, 7) is -1.33. The highest BCUT2D eigenvalue weighted by atomic mass is 16.9. The van der Waals surface area contributed by atoms with Crippen LogP contribution < -0.4 is 16.8 Å². The summed E-state index contributed by atoms with van der Waals surface area (Å²) in [5.74, 6) is -2.48. The number of nitrogens with two attached hydrogens (primary N) is 2. The molecule has 4 fully saturated rings. The number of rotatable bonds is 6. The summed E-state index contributed by atoms with van der Waals surface area (Å²) >= 11 is 0. The van der Waals surface area contributed by atoms with Crippen molar-refractivity contribution in [3.8, 4) is 0 Å². The quantitative estimate of drug-likeness (QED) is 0.153. The third-order valence-electron chi connectivity index (χ3n) is 7.42. The second-order valence-corrected chi connectivity index (χ2v) is 9.72. The maximum Gasteiger partial charge on any atom is 0.314 e. The molecule has 0 amide bonds. The van der Waals surface area contributed by atoms with Crippen LogP contribution in [-0.2, 0) is 23.7 Å². The van der Waals surface area contributed by atoms with Gasteiger partial charge in [0.2, 0.25) is 0 Å². The minimum Gasteiger partial charge on any atom is -0.395 e. The molecule has 36 heavy (non-hydrogen) atoms. The Balaban J connectivity index is 1.62. The molecule has 0 aromatic heterocycles. The van der Waals surface area contributed by atoms with Gasteiger partial charge < -0.3 is 81.3 Å². The lowest BCUT2D eigenvalue weighted by atomic mass is 9.84. The molecule has 3 aliphatic heterocycles. The Kier molecular flexibility index (Phi) is 8.55. The van der Waals surface area contributed by atoms with Gasteiger partial charge in [-0.1, -0.05) is 0 Å². The first kappa shape index (κ1) is 28.4. The zero-order chi connectivity index (χ0) is 26.5. The van der Waals surface area contributed by atoms with E-state index >= 15 is 0 Å². The molecule has 4 aliphatic rings. The fourth-order valence-corrected chi connectivity index (χ4v) is 5.23. The molecular weight excluding hydrogens is 490 g/mol. The van der Waals surface area contributed by atoms with Gasteiger partial charge in [-0.3, -0.25) is 0 Å². The first-order valence-electron chi connectivity index (χ1n) is 11.8. The largest absolute Gasteiger partial charge is 0.395 e. The molecule has 3 heterocycles. The van der Waals surface area contributed by atoms with Gasteiger partial charge in [0, 0.05) is 12.1 Å². The lowest BCUT2D eigenvalue weighted by molar-refractivity contribution is -0.439. The van der Waals surface area contributed by atoms with Crippen molar-refractivity contribution in [3.63, 3.8) is 0 Å². The van der Waals surface area contributed by atoms with Gasteiger partial charge >= 0.3 is 5.97 Å². The van der Waals surface area contributed by atoms with Gasteiger partial charge in [0.15, 0.2) is 12.4 Å². The van der Waals surface area contributed by atoms with E-state index in [0.29, 0.717) is 0 Å². The minimum atomic E-state index is -2.48. The van der Waals surface area contributed by atoms with Crippen molar-refractivity contribution in [2.45, 2.75) is 104 Å². The van der Waals surface area contributed by atoms with Gasteiger partial charge in [0.1, 0.15) is 48.8 Å². The number of ether oxygens (including phenoxy) is 5. The van der Waals surface area contributed by atoms with Crippen molar-refractivity contribution < 1.29 is 64.5 Å². The molecule has 3 saturated heterocycles. The molecule has 210 valence electrons. The second kappa shape index (κ2) is 10.9. The Morgan fingerprint density at radius 1 is 0.944 bits per heavy atom. The van der Waals surface area contributed by atoms with Gasteiger partial charge in [0.25, 0.3) is 0 Å². The SMILES string of the molecule is CNC1CC(N)C(O)[C@H](OC2OC(CO)C(O)[C@H]3OC4(O[C@@H](C(N)CO)C(O)C(O)C4O)O[C@@H]23)C1O. The molecule has 1 saturated carbocycles. The topological polar surface area (TPSA) is 272 Å². The number of likely N-dealkylation sites (N-methyl/N-ethyl adjacent to an activating group) is 1. The first-order valence-corrected chi connectivity index (χ1v) is 11.8. The molecule has 13 N–H and O–H groups in total.